The molecule has 7 heteroatoms. The van der Waals surface area contributed by atoms with Gasteiger partial charge in [0, 0.05) is 30.5 Å². The second kappa shape index (κ2) is 10.5. The van der Waals surface area contributed by atoms with Crippen molar-refractivity contribution < 1.29 is 14.4 Å². The van der Waals surface area contributed by atoms with Crippen LogP contribution in [0.15, 0.2) is 41.8 Å². The third-order valence-corrected chi connectivity index (χ3v) is 4.82. The quantitative estimate of drug-likeness (QED) is 0.616. The molecule has 3 amide bonds. The summed E-state index contributed by atoms with van der Waals surface area (Å²) < 4.78 is 0. The van der Waals surface area contributed by atoms with Gasteiger partial charge < -0.3 is 16.0 Å². The molecule has 1 aromatic carbocycles. The molecule has 0 aliphatic carbocycles. The predicted octanol–water partition coefficient (Wildman–Crippen LogP) is 3.37. The maximum Gasteiger partial charge on any atom is 0.224 e. The molecule has 0 aliphatic rings. The molecule has 0 spiro atoms. The van der Waals surface area contributed by atoms with Crippen LogP contribution in [-0.2, 0) is 20.9 Å². The minimum Gasteiger partial charge on any atom is -0.352 e. The first-order valence-corrected chi connectivity index (χ1v) is 9.82. The highest BCUT2D eigenvalue weighted by Gasteiger charge is 2.17. The van der Waals surface area contributed by atoms with E-state index in [1.54, 1.807) is 0 Å². The Bertz CT molecular complexity index is 775. The molecular weight excluding hydrogens is 362 g/mol. The number of hydrogen-bond acceptors (Lipinski definition) is 4. The lowest BCUT2D eigenvalue weighted by Gasteiger charge is -2.16. The fourth-order valence-corrected chi connectivity index (χ4v) is 3.40. The zero-order valence-corrected chi connectivity index (χ0v) is 16.4. The highest BCUT2D eigenvalue weighted by molar-refractivity contribution is 7.10. The van der Waals surface area contributed by atoms with E-state index in [9.17, 15) is 14.4 Å². The topological polar surface area (TPSA) is 87.3 Å². The molecule has 144 valence electrons. The summed E-state index contributed by atoms with van der Waals surface area (Å²) in [6, 6.07) is 10.9. The van der Waals surface area contributed by atoms with Gasteiger partial charge in [0.2, 0.25) is 17.7 Å². The lowest BCUT2D eigenvalue weighted by molar-refractivity contribution is -0.123. The molecule has 3 N–H and O–H groups in total. The molecule has 27 heavy (non-hydrogen) atoms. The predicted molar refractivity (Wildman–Crippen MR) is 107 cm³/mol. The molecule has 0 saturated carbocycles. The van der Waals surface area contributed by atoms with Gasteiger partial charge in [0.05, 0.1) is 12.5 Å². The second-order valence-electron chi connectivity index (χ2n) is 6.25. The number of carbonyl (C=O) groups excluding carboxylic acids is 3. The van der Waals surface area contributed by atoms with Gasteiger partial charge in [-0.2, -0.15) is 0 Å². The Morgan fingerprint density at radius 3 is 2.59 bits per heavy atom. The average molecular weight is 388 g/mol. The summed E-state index contributed by atoms with van der Waals surface area (Å²) in [7, 11) is 0. The van der Waals surface area contributed by atoms with Crippen LogP contribution in [0.25, 0.3) is 0 Å². The summed E-state index contributed by atoms with van der Waals surface area (Å²) in [6.45, 7) is 3.75. The third kappa shape index (κ3) is 7.22. The van der Waals surface area contributed by atoms with E-state index in [1.807, 2.05) is 48.7 Å². The number of hydrogen-bond donors (Lipinski definition) is 3. The van der Waals surface area contributed by atoms with E-state index in [0.29, 0.717) is 13.0 Å². The number of carbonyl (C=O) groups is 3. The van der Waals surface area contributed by atoms with Crippen molar-refractivity contribution in [2.45, 2.75) is 45.7 Å². The van der Waals surface area contributed by atoms with Crippen LogP contribution in [0.4, 0.5) is 5.69 Å². The molecule has 6 nitrogen and oxygen atoms in total. The largest absolute Gasteiger partial charge is 0.352 e. The number of nitrogens with one attached hydrogen (secondary N) is 3. The molecule has 1 unspecified atom stereocenters. The molecular formula is C20H25N3O3S. The number of rotatable bonds is 9. The maximum absolute atomic E-state index is 12.3. The summed E-state index contributed by atoms with van der Waals surface area (Å²) in [4.78, 5) is 36.4. The Morgan fingerprint density at radius 2 is 1.93 bits per heavy atom. The first-order valence-electron chi connectivity index (χ1n) is 8.94. The summed E-state index contributed by atoms with van der Waals surface area (Å²) in [5.41, 5.74) is 1.61. The van der Waals surface area contributed by atoms with Crippen molar-refractivity contribution in [3.63, 3.8) is 0 Å². The van der Waals surface area contributed by atoms with E-state index in [0.717, 1.165) is 22.5 Å². The SMILES string of the molecule is CCCC(=O)Nc1cccc(CNC(=O)CC(NC(C)=O)c2cccs2)c1. The van der Waals surface area contributed by atoms with E-state index < -0.39 is 0 Å². The summed E-state index contributed by atoms with van der Waals surface area (Å²) in [6.07, 6.45) is 1.45. The molecule has 0 fully saturated rings. The normalized spacial score (nSPS) is 11.5. The molecule has 0 saturated heterocycles. The van der Waals surface area contributed by atoms with Crippen LogP contribution in [-0.4, -0.2) is 17.7 Å². The Labute approximate surface area is 163 Å². The van der Waals surface area contributed by atoms with Gasteiger partial charge in [0.25, 0.3) is 0 Å². The van der Waals surface area contributed by atoms with Gasteiger partial charge in [-0.15, -0.1) is 11.3 Å². The maximum atomic E-state index is 12.3. The van der Waals surface area contributed by atoms with Crippen LogP contribution in [0.5, 0.6) is 0 Å². The standard InChI is InChI=1S/C20H25N3O3S/c1-3-6-19(25)23-16-8-4-7-15(11-16)13-21-20(26)12-17(22-14(2)24)18-9-5-10-27-18/h4-5,7-11,17H,3,6,12-13H2,1-2H3,(H,21,26)(H,22,24)(H,23,25). The lowest BCUT2D eigenvalue weighted by Crippen LogP contribution is -2.32. The number of amides is 3. The van der Waals surface area contributed by atoms with Crippen LogP contribution in [0.2, 0.25) is 0 Å². The Morgan fingerprint density at radius 1 is 1.11 bits per heavy atom. The highest BCUT2D eigenvalue weighted by Crippen LogP contribution is 2.22. The van der Waals surface area contributed by atoms with Gasteiger partial charge in [-0.25, -0.2) is 0 Å². The van der Waals surface area contributed by atoms with E-state index in [2.05, 4.69) is 16.0 Å². The van der Waals surface area contributed by atoms with E-state index in [4.69, 9.17) is 0 Å². The third-order valence-electron chi connectivity index (χ3n) is 3.83. The van der Waals surface area contributed by atoms with E-state index in [-0.39, 0.29) is 30.2 Å². The average Bonchev–Trinajstić information content (AvgIpc) is 3.14. The monoisotopic (exact) mass is 387 g/mol. The van der Waals surface area contributed by atoms with Crippen molar-refractivity contribution in [1.29, 1.82) is 0 Å². The number of anilines is 1. The van der Waals surface area contributed by atoms with Crippen LogP contribution in [0, 0.1) is 0 Å². The first kappa shape index (κ1) is 20.6. The van der Waals surface area contributed by atoms with Crippen molar-refractivity contribution in [3.8, 4) is 0 Å². The lowest BCUT2D eigenvalue weighted by atomic mass is 10.1. The first-order chi connectivity index (χ1) is 13.0. The van der Waals surface area contributed by atoms with Crippen molar-refractivity contribution in [1.82, 2.24) is 10.6 Å². The second-order valence-corrected chi connectivity index (χ2v) is 7.23. The molecule has 2 aromatic rings. The zero-order chi connectivity index (χ0) is 19.6. The summed E-state index contributed by atoms with van der Waals surface area (Å²) in [5.74, 6) is -0.341. The van der Waals surface area contributed by atoms with Gasteiger partial charge in [0.15, 0.2) is 0 Å². The van der Waals surface area contributed by atoms with Crippen LogP contribution in [0.3, 0.4) is 0 Å². The minimum absolute atomic E-state index is 0.0206. The highest BCUT2D eigenvalue weighted by atomic mass is 32.1. The molecule has 0 radical (unpaired) electrons. The van der Waals surface area contributed by atoms with Crippen molar-refractivity contribution in [2.75, 3.05) is 5.32 Å². The Hall–Kier alpha value is -2.67. The number of benzene rings is 1. The zero-order valence-electron chi connectivity index (χ0n) is 15.6. The molecule has 0 bridgehead atoms. The van der Waals surface area contributed by atoms with Gasteiger partial charge in [-0.1, -0.05) is 25.1 Å². The van der Waals surface area contributed by atoms with Crippen molar-refractivity contribution >= 4 is 34.7 Å². The fraction of sp³-hybridized carbons (Fsp3) is 0.350. The smallest absolute Gasteiger partial charge is 0.224 e. The minimum atomic E-state index is -0.331. The Kier molecular flexibility index (Phi) is 8.00. The summed E-state index contributed by atoms with van der Waals surface area (Å²) >= 11 is 1.51. The molecule has 1 aromatic heterocycles. The summed E-state index contributed by atoms with van der Waals surface area (Å²) in [5, 5.41) is 10.5. The van der Waals surface area contributed by atoms with Gasteiger partial charge >= 0.3 is 0 Å². The van der Waals surface area contributed by atoms with Crippen LogP contribution in [0.1, 0.15) is 49.6 Å². The van der Waals surface area contributed by atoms with E-state index in [1.165, 1.54) is 18.3 Å². The van der Waals surface area contributed by atoms with E-state index >= 15 is 0 Å². The molecule has 2 rings (SSSR count). The molecule has 0 aliphatic heterocycles. The molecule has 1 atom stereocenters. The Balaban J connectivity index is 1.90. The van der Waals surface area contributed by atoms with Crippen LogP contribution >= 0.6 is 11.3 Å². The molecule has 1 heterocycles. The van der Waals surface area contributed by atoms with Crippen molar-refractivity contribution in [3.05, 3.63) is 52.2 Å². The van der Waals surface area contributed by atoms with Crippen LogP contribution < -0.4 is 16.0 Å². The number of thiophene rings is 1. The fourth-order valence-electron chi connectivity index (χ4n) is 2.63. The van der Waals surface area contributed by atoms with Gasteiger partial charge in [-0.05, 0) is 35.6 Å². The van der Waals surface area contributed by atoms with Gasteiger partial charge in [0.1, 0.15) is 0 Å². The van der Waals surface area contributed by atoms with Crippen molar-refractivity contribution in [2.24, 2.45) is 0 Å². The van der Waals surface area contributed by atoms with Gasteiger partial charge in [-0.3, -0.25) is 14.4 Å².